The summed E-state index contributed by atoms with van der Waals surface area (Å²) in [5, 5.41) is 2.43. The summed E-state index contributed by atoms with van der Waals surface area (Å²) in [7, 11) is 0. The van der Waals surface area contributed by atoms with Crippen LogP contribution >= 0.6 is 0 Å². The second-order valence-corrected chi connectivity index (χ2v) is 2.05. The Bertz CT molecular complexity index is 42.2. The molecule has 0 aromatic heterocycles. The van der Waals surface area contributed by atoms with E-state index in [1.165, 1.54) is 17.9 Å². The molecule has 44 valence electrons. The molecule has 0 amide bonds. The average Bonchev–Trinajstić information content (AvgIpc) is 1.91. The summed E-state index contributed by atoms with van der Waals surface area (Å²) >= 11 is 4.27. The van der Waals surface area contributed by atoms with Gasteiger partial charge in [0.15, 0.2) is 0 Å². The molecule has 0 saturated heterocycles. The van der Waals surface area contributed by atoms with E-state index in [2.05, 4.69) is 48.9 Å². The van der Waals surface area contributed by atoms with Crippen LogP contribution in [0.3, 0.4) is 0 Å². The van der Waals surface area contributed by atoms with Crippen LogP contribution in [-0.2, 0) is 0 Å². The first kappa shape index (κ1) is 12.6. The Morgan fingerprint density at radius 2 is 1.89 bits per heavy atom. The second kappa shape index (κ2) is 16.0. The Labute approximate surface area is 77.9 Å². The van der Waals surface area contributed by atoms with Crippen molar-refractivity contribution >= 4 is 35.4 Å². The predicted octanol–water partition coefficient (Wildman–Crippen LogP) is 2.13. The van der Waals surface area contributed by atoms with Crippen molar-refractivity contribution in [2.24, 2.45) is 0 Å². The number of hydrogen-bond acceptors (Lipinski definition) is 0. The Morgan fingerprint density at radius 1 is 1.44 bits per heavy atom. The van der Waals surface area contributed by atoms with Crippen LogP contribution in [0.5, 0.6) is 0 Å². The van der Waals surface area contributed by atoms with Crippen LogP contribution in [0.4, 0.5) is 0 Å². The first-order valence-corrected chi connectivity index (χ1v) is 3.94. The Balaban J connectivity index is 0. The first-order chi connectivity index (χ1) is 4.33. The van der Waals surface area contributed by atoms with Gasteiger partial charge in [-0.05, 0) is 0 Å². The van der Waals surface area contributed by atoms with Crippen molar-refractivity contribution in [3.63, 3.8) is 0 Å². The molecule has 0 spiro atoms. The zero-order chi connectivity index (χ0) is 7.54. The van der Waals surface area contributed by atoms with E-state index in [0.29, 0.717) is 0 Å². The van der Waals surface area contributed by atoms with Gasteiger partial charge in [0, 0.05) is 0 Å². The second-order valence-electron chi connectivity index (χ2n) is 2.05. The summed E-state index contributed by atoms with van der Waals surface area (Å²) in [5.74, 6) is 0. The number of rotatable bonds is 3. The van der Waals surface area contributed by atoms with Crippen LogP contribution in [-0.4, -0.2) is 35.4 Å². The maximum atomic E-state index is 3.48. The molecule has 0 aliphatic rings. The summed E-state index contributed by atoms with van der Waals surface area (Å²) in [6.07, 6.45) is 4.61. The fourth-order valence-electron chi connectivity index (χ4n) is 0.354. The van der Waals surface area contributed by atoms with Gasteiger partial charge in [0.25, 0.3) is 0 Å². The van der Waals surface area contributed by atoms with Crippen molar-refractivity contribution in [3.05, 3.63) is 12.7 Å². The summed E-state index contributed by atoms with van der Waals surface area (Å²) < 4.78 is 0. The Kier molecular flexibility index (Phi) is 22.4. The summed E-state index contributed by atoms with van der Waals surface area (Å²) in [6.45, 7) is 5.69. The van der Waals surface area contributed by atoms with Gasteiger partial charge in [0.05, 0.1) is 0 Å². The third kappa shape index (κ3) is 27.8. The molecule has 0 nitrogen and oxygen atoms in total. The molecule has 0 aliphatic carbocycles. The molecule has 0 fully saturated rings. The fourth-order valence-corrected chi connectivity index (χ4v) is 0.354. The zero-order valence-corrected chi connectivity index (χ0v) is 7.11. The van der Waals surface area contributed by atoms with E-state index in [9.17, 15) is 0 Å². The first-order valence-electron chi connectivity index (χ1n) is 3.94. The van der Waals surface area contributed by atoms with E-state index >= 15 is 0 Å². The molecule has 0 radical (unpaired) electrons. The molecule has 9 heavy (non-hydrogen) atoms. The van der Waals surface area contributed by atoms with Crippen molar-refractivity contribution < 1.29 is 0 Å². The molecular formula is C7H14Li2. The van der Waals surface area contributed by atoms with Crippen LogP contribution in [0, 0.1) is 0 Å². The standard InChI is InChI=1S/C4H9.C3H5.2Li/c1-3-4-2;1-3-2;;/h1,3-4H2,2H3;3H,1-2H2;;. The number of allylic oxidation sites excluding steroid dienone is 1. The van der Waals surface area contributed by atoms with E-state index in [0.717, 1.165) is 5.09 Å². The topological polar surface area (TPSA) is 0 Å². The van der Waals surface area contributed by atoms with E-state index in [-0.39, 0.29) is 0 Å². The van der Waals surface area contributed by atoms with Crippen LogP contribution in [0.25, 0.3) is 0 Å². The van der Waals surface area contributed by atoms with Gasteiger partial charge >= 0.3 is 78.0 Å². The molecule has 0 saturated carbocycles. The molecule has 0 heterocycles. The van der Waals surface area contributed by atoms with E-state index in [1.807, 2.05) is 6.08 Å². The Morgan fingerprint density at radius 3 is 1.89 bits per heavy atom. The van der Waals surface area contributed by atoms with Gasteiger partial charge in [-0.1, -0.05) is 0 Å². The van der Waals surface area contributed by atoms with E-state index < -0.39 is 0 Å². The molecule has 0 atom stereocenters. The normalized spacial score (nSPS) is 7.67. The molecule has 0 aromatic carbocycles. The van der Waals surface area contributed by atoms with Crippen molar-refractivity contribution in [1.82, 2.24) is 0 Å². The van der Waals surface area contributed by atoms with E-state index in [4.69, 9.17) is 0 Å². The Hall–Kier alpha value is 0.935. The summed E-state index contributed by atoms with van der Waals surface area (Å²) in [6, 6.07) is 0. The summed E-state index contributed by atoms with van der Waals surface area (Å²) in [5.41, 5.74) is 0. The quantitative estimate of drug-likeness (QED) is 0.387. The van der Waals surface area contributed by atoms with Gasteiger partial charge in [-0.25, -0.2) is 0 Å². The molecule has 2 heteroatoms. The predicted molar refractivity (Wildman–Crippen MR) is 46.2 cm³/mol. The molecule has 0 aliphatic heterocycles. The van der Waals surface area contributed by atoms with Crippen molar-refractivity contribution in [2.75, 3.05) is 0 Å². The van der Waals surface area contributed by atoms with Crippen LogP contribution in [0.2, 0.25) is 10.2 Å². The zero-order valence-electron chi connectivity index (χ0n) is 7.11. The minimum absolute atomic E-state index is 1.08. The van der Waals surface area contributed by atoms with Crippen molar-refractivity contribution in [1.29, 1.82) is 0 Å². The third-order valence-corrected chi connectivity index (χ3v) is 0.996. The molecule has 0 bridgehead atoms. The van der Waals surface area contributed by atoms with Gasteiger partial charge in [0.1, 0.15) is 0 Å². The van der Waals surface area contributed by atoms with Crippen LogP contribution in [0.15, 0.2) is 12.7 Å². The number of hydrogen-bond donors (Lipinski definition) is 0. The van der Waals surface area contributed by atoms with Crippen LogP contribution in [0.1, 0.15) is 19.8 Å². The monoisotopic (exact) mass is 112 g/mol. The molecule has 0 rings (SSSR count). The maximum absolute atomic E-state index is 3.48. The fraction of sp³-hybridized carbons (Fsp3) is 0.714. The summed E-state index contributed by atoms with van der Waals surface area (Å²) in [4.78, 5) is 0. The molecule has 0 aromatic rings. The van der Waals surface area contributed by atoms with Crippen molar-refractivity contribution in [2.45, 2.75) is 30.0 Å². The van der Waals surface area contributed by atoms with Gasteiger partial charge in [-0.3, -0.25) is 0 Å². The third-order valence-electron chi connectivity index (χ3n) is 0.996. The minimum atomic E-state index is 1.08. The van der Waals surface area contributed by atoms with Gasteiger partial charge < -0.3 is 0 Å². The van der Waals surface area contributed by atoms with Gasteiger partial charge in [0.2, 0.25) is 0 Å². The van der Waals surface area contributed by atoms with E-state index in [1.54, 1.807) is 0 Å². The molecule has 0 N–H and O–H groups in total. The molecule has 0 unspecified atom stereocenters. The van der Waals surface area contributed by atoms with Crippen LogP contribution < -0.4 is 0 Å². The SMILES string of the molecule is [Li][CH2]C=C.[Li][CH2]CCC. The molecular weight excluding hydrogens is 98.0 g/mol. The van der Waals surface area contributed by atoms with Gasteiger partial charge in [-0.2, -0.15) is 0 Å². The van der Waals surface area contributed by atoms with Gasteiger partial charge in [-0.15, -0.1) is 0 Å². The average molecular weight is 112 g/mol. The van der Waals surface area contributed by atoms with Crippen molar-refractivity contribution in [3.8, 4) is 0 Å². The number of unbranched alkanes of at least 4 members (excludes halogenated alkanes) is 1.